The fraction of sp³-hybridized carbons (Fsp3) is 0.0714. The molecule has 0 saturated heterocycles. The number of halogens is 1. The van der Waals surface area contributed by atoms with Gasteiger partial charge in [-0.25, -0.2) is 0 Å². The summed E-state index contributed by atoms with van der Waals surface area (Å²) in [5.41, 5.74) is 8.02. The van der Waals surface area contributed by atoms with E-state index in [1.54, 1.807) is 6.07 Å². The highest BCUT2D eigenvalue weighted by atomic mass is 35.5. The van der Waals surface area contributed by atoms with Gasteiger partial charge in [0.2, 0.25) is 5.91 Å². The predicted molar refractivity (Wildman–Crippen MR) is 69.7 cm³/mol. The van der Waals surface area contributed by atoms with E-state index in [0.717, 1.165) is 16.7 Å². The van der Waals surface area contributed by atoms with Gasteiger partial charge in [-0.2, -0.15) is 0 Å². The number of carbonyl (C=O) groups excluding carboxylic acids is 1. The third-order valence-electron chi connectivity index (χ3n) is 2.54. The largest absolute Gasteiger partial charge is 0.368 e. The number of hydrogen-bond donors (Lipinski definition) is 1. The summed E-state index contributed by atoms with van der Waals surface area (Å²) >= 11 is 5.93. The van der Waals surface area contributed by atoms with E-state index in [1.165, 1.54) is 0 Å². The van der Waals surface area contributed by atoms with Crippen molar-refractivity contribution in [3.05, 3.63) is 60.2 Å². The Bertz CT molecular complexity index is 525. The molecule has 0 aliphatic carbocycles. The first kappa shape index (κ1) is 11.7. The van der Waals surface area contributed by atoms with Crippen molar-refractivity contribution in [2.24, 2.45) is 5.73 Å². The van der Waals surface area contributed by atoms with Crippen LogP contribution in [0.3, 0.4) is 0 Å². The van der Waals surface area contributed by atoms with E-state index in [0.29, 0.717) is 0 Å². The molecule has 0 spiro atoms. The van der Waals surface area contributed by atoms with Gasteiger partial charge in [0.15, 0.2) is 0 Å². The molecule has 0 saturated carbocycles. The van der Waals surface area contributed by atoms with Crippen LogP contribution in [0.2, 0.25) is 0 Å². The molecule has 1 atom stereocenters. The van der Waals surface area contributed by atoms with E-state index in [-0.39, 0.29) is 0 Å². The van der Waals surface area contributed by atoms with Gasteiger partial charge in [-0.1, -0.05) is 48.5 Å². The van der Waals surface area contributed by atoms with Crippen LogP contribution in [-0.4, -0.2) is 5.91 Å². The minimum Gasteiger partial charge on any atom is -0.368 e. The summed E-state index contributed by atoms with van der Waals surface area (Å²) in [5.74, 6) is -0.531. The maximum atomic E-state index is 11.0. The van der Waals surface area contributed by atoms with E-state index in [9.17, 15) is 4.79 Å². The predicted octanol–water partition coefficient (Wildman–Crippen LogP) is 3.12. The summed E-state index contributed by atoms with van der Waals surface area (Å²) in [7, 11) is 0. The Kier molecular flexibility index (Phi) is 3.45. The number of nitrogens with two attached hydrogens (primary N) is 1. The van der Waals surface area contributed by atoms with Crippen molar-refractivity contribution in [1.82, 2.24) is 0 Å². The number of rotatable bonds is 3. The molecular weight excluding hydrogens is 234 g/mol. The number of primary amides is 1. The third kappa shape index (κ3) is 2.66. The van der Waals surface area contributed by atoms with Crippen molar-refractivity contribution in [2.75, 3.05) is 0 Å². The van der Waals surface area contributed by atoms with Crippen LogP contribution in [0.25, 0.3) is 11.1 Å². The van der Waals surface area contributed by atoms with Gasteiger partial charge in [0.25, 0.3) is 0 Å². The van der Waals surface area contributed by atoms with Crippen molar-refractivity contribution in [2.45, 2.75) is 5.38 Å². The SMILES string of the molecule is NC(=O)C(Cl)c1cccc(-c2ccccc2)c1. The fourth-order valence-corrected chi connectivity index (χ4v) is 1.81. The maximum Gasteiger partial charge on any atom is 0.240 e. The minimum atomic E-state index is -0.779. The molecule has 2 aromatic rings. The smallest absolute Gasteiger partial charge is 0.240 e. The molecule has 2 N–H and O–H groups in total. The van der Waals surface area contributed by atoms with Crippen LogP contribution in [0.5, 0.6) is 0 Å². The number of benzene rings is 2. The van der Waals surface area contributed by atoms with Crippen LogP contribution in [0.4, 0.5) is 0 Å². The molecule has 86 valence electrons. The Labute approximate surface area is 105 Å². The van der Waals surface area contributed by atoms with Crippen LogP contribution in [0.1, 0.15) is 10.9 Å². The highest BCUT2D eigenvalue weighted by Crippen LogP contribution is 2.25. The average Bonchev–Trinajstić information content (AvgIpc) is 2.39. The topological polar surface area (TPSA) is 43.1 Å². The molecule has 2 aromatic carbocycles. The van der Waals surface area contributed by atoms with Crippen LogP contribution >= 0.6 is 11.6 Å². The maximum absolute atomic E-state index is 11.0. The summed E-state index contributed by atoms with van der Waals surface area (Å²) in [6.45, 7) is 0. The first-order chi connectivity index (χ1) is 8.18. The number of carbonyl (C=O) groups is 1. The molecule has 0 aromatic heterocycles. The van der Waals surface area contributed by atoms with Crippen LogP contribution in [0, 0.1) is 0 Å². The molecule has 0 fully saturated rings. The van der Waals surface area contributed by atoms with Gasteiger partial charge in [0.1, 0.15) is 5.38 Å². The monoisotopic (exact) mass is 245 g/mol. The average molecular weight is 246 g/mol. The highest BCUT2D eigenvalue weighted by Gasteiger charge is 2.14. The van der Waals surface area contributed by atoms with Gasteiger partial charge < -0.3 is 5.73 Å². The summed E-state index contributed by atoms with van der Waals surface area (Å²) < 4.78 is 0. The van der Waals surface area contributed by atoms with Crippen molar-refractivity contribution in [3.63, 3.8) is 0 Å². The van der Waals surface area contributed by atoms with Gasteiger partial charge in [-0.05, 0) is 22.8 Å². The molecule has 0 bridgehead atoms. The van der Waals surface area contributed by atoms with Gasteiger partial charge >= 0.3 is 0 Å². The second kappa shape index (κ2) is 5.02. The molecule has 0 aliphatic rings. The van der Waals surface area contributed by atoms with E-state index < -0.39 is 11.3 Å². The zero-order valence-corrected chi connectivity index (χ0v) is 9.89. The lowest BCUT2D eigenvalue weighted by Gasteiger charge is -2.08. The van der Waals surface area contributed by atoms with Crippen LogP contribution in [-0.2, 0) is 4.79 Å². The molecular formula is C14H12ClNO. The quantitative estimate of drug-likeness (QED) is 0.830. The first-order valence-electron chi connectivity index (χ1n) is 5.27. The zero-order chi connectivity index (χ0) is 12.3. The summed E-state index contributed by atoms with van der Waals surface area (Å²) in [5, 5.41) is -0.779. The molecule has 1 unspecified atom stereocenters. The number of hydrogen-bond acceptors (Lipinski definition) is 1. The summed E-state index contributed by atoms with van der Waals surface area (Å²) in [6.07, 6.45) is 0. The third-order valence-corrected chi connectivity index (χ3v) is 3.00. The van der Waals surface area contributed by atoms with Crippen LogP contribution in [0.15, 0.2) is 54.6 Å². The fourth-order valence-electron chi connectivity index (χ4n) is 1.67. The van der Waals surface area contributed by atoms with Crippen molar-refractivity contribution < 1.29 is 4.79 Å². The van der Waals surface area contributed by atoms with Crippen molar-refractivity contribution >= 4 is 17.5 Å². The van der Waals surface area contributed by atoms with Gasteiger partial charge in [0, 0.05) is 0 Å². The molecule has 17 heavy (non-hydrogen) atoms. The van der Waals surface area contributed by atoms with E-state index in [1.807, 2.05) is 48.5 Å². The van der Waals surface area contributed by atoms with E-state index in [2.05, 4.69) is 0 Å². The Morgan fingerprint density at radius 1 is 1.00 bits per heavy atom. The molecule has 3 heteroatoms. The van der Waals surface area contributed by atoms with E-state index >= 15 is 0 Å². The lowest BCUT2D eigenvalue weighted by atomic mass is 10.0. The number of alkyl halides is 1. The first-order valence-corrected chi connectivity index (χ1v) is 5.71. The van der Waals surface area contributed by atoms with Gasteiger partial charge in [-0.3, -0.25) is 4.79 Å². The minimum absolute atomic E-state index is 0.531. The molecule has 0 aliphatic heterocycles. The summed E-state index contributed by atoms with van der Waals surface area (Å²) in [6, 6.07) is 17.4. The van der Waals surface area contributed by atoms with Crippen molar-refractivity contribution in [3.8, 4) is 11.1 Å². The normalized spacial score (nSPS) is 12.1. The number of amides is 1. The van der Waals surface area contributed by atoms with Crippen LogP contribution < -0.4 is 5.73 Å². The Morgan fingerprint density at radius 2 is 1.65 bits per heavy atom. The van der Waals surface area contributed by atoms with Crippen molar-refractivity contribution in [1.29, 1.82) is 0 Å². The standard InChI is InChI=1S/C14H12ClNO/c15-13(14(16)17)12-8-4-7-11(9-12)10-5-2-1-3-6-10/h1-9,13H,(H2,16,17). The molecule has 2 rings (SSSR count). The lowest BCUT2D eigenvalue weighted by Crippen LogP contribution is -2.16. The highest BCUT2D eigenvalue weighted by molar-refractivity contribution is 6.30. The van der Waals surface area contributed by atoms with Gasteiger partial charge in [-0.15, -0.1) is 11.6 Å². The Balaban J connectivity index is 2.39. The second-order valence-electron chi connectivity index (χ2n) is 3.76. The molecule has 0 radical (unpaired) electrons. The summed E-state index contributed by atoms with van der Waals surface area (Å²) in [4.78, 5) is 11.0. The lowest BCUT2D eigenvalue weighted by molar-refractivity contribution is -0.117. The molecule has 0 heterocycles. The van der Waals surface area contributed by atoms with Gasteiger partial charge in [0.05, 0.1) is 0 Å². The second-order valence-corrected chi connectivity index (χ2v) is 4.19. The Hall–Kier alpha value is -1.80. The Morgan fingerprint density at radius 3 is 2.29 bits per heavy atom. The molecule has 1 amide bonds. The van der Waals surface area contributed by atoms with E-state index in [4.69, 9.17) is 17.3 Å². The zero-order valence-electron chi connectivity index (χ0n) is 9.14. The molecule has 2 nitrogen and oxygen atoms in total.